The number of carbonyl (C=O) groups excluding carboxylic acids is 1. The lowest BCUT2D eigenvalue weighted by atomic mass is 10.0. The second-order valence-corrected chi connectivity index (χ2v) is 8.18. The molecular formula is C25H28N2O3. The van der Waals surface area contributed by atoms with Crippen LogP contribution in [-0.4, -0.2) is 33.0 Å². The average molecular weight is 405 g/mol. The molecule has 30 heavy (non-hydrogen) atoms. The number of hydrogen-bond donors (Lipinski definition) is 1. The van der Waals surface area contributed by atoms with E-state index in [1.54, 1.807) is 0 Å². The Kier molecular flexibility index (Phi) is 5.88. The van der Waals surface area contributed by atoms with Crippen LogP contribution in [0.4, 0.5) is 0 Å². The number of carbonyl (C=O) groups is 2. The summed E-state index contributed by atoms with van der Waals surface area (Å²) < 4.78 is 2.36. The minimum atomic E-state index is -0.800. The van der Waals surface area contributed by atoms with Crippen molar-refractivity contribution in [3.8, 4) is 0 Å². The summed E-state index contributed by atoms with van der Waals surface area (Å²) in [5.74, 6) is -0.677. The molecule has 3 aromatic rings. The van der Waals surface area contributed by atoms with Crippen molar-refractivity contribution in [2.45, 2.75) is 52.1 Å². The summed E-state index contributed by atoms with van der Waals surface area (Å²) in [5.41, 5.74) is 6.30. The number of rotatable bonds is 7. The second-order valence-electron chi connectivity index (χ2n) is 8.18. The topological polar surface area (TPSA) is 62.5 Å². The fourth-order valence-electron chi connectivity index (χ4n) is 4.37. The molecule has 0 saturated heterocycles. The largest absolute Gasteiger partial charge is 0.481 e. The summed E-state index contributed by atoms with van der Waals surface area (Å²) in [6, 6.07) is 17.1. The Morgan fingerprint density at radius 3 is 2.50 bits per heavy atom. The molecule has 0 spiro atoms. The molecule has 0 saturated carbocycles. The van der Waals surface area contributed by atoms with E-state index in [4.69, 9.17) is 5.11 Å². The fourth-order valence-corrected chi connectivity index (χ4v) is 4.37. The normalized spacial score (nSPS) is 13.4. The first-order chi connectivity index (χ1) is 14.5. The van der Waals surface area contributed by atoms with Crippen LogP contribution in [0.2, 0.25) is 0 Å². The molecule has 0 unspecified atom stereocenters. The summed E-state index contributed by atoms with van der Waals surface area (Å²) in [7, 11) is 0. The summed E-state index contributed by atoms with van der Waals surface area (Å²) >= 11 is 0. The standard InChI is InChI=1S/C25H28N2O3/c1-18-10-12-19(13-11-18)16-27-22-7-3-2-6-20(22)21-14-15-26(17-23(21)27)24(28)8-4-5-9-25(29)30/h2-3,6-7,10-13H,4-5,8-9,14-17H2,1H3,(H,29,30). The van der Waals surface area contributed by atoms with Gasteiger partial charge in [0.2, 0.25) is 5.91 Å². The molecule has 156 valence electrons. The zero-order valence-electron chi connectivity index (χ0n) is 17.4. The van der Waals surface area contributed by atoms with Gasteiger partial charge in [-0.15, -0.1) is 0 Å². The van der Waals surface area contributed by atoms with E-state index in [9.17, 15) is 9.59 Å². The molecule has 0 atom stereocenters. The molecule has 0 aliphatic carbocycles. The van der Waals surface area contributed by atoms with Crippen molar-refractivity contribution in [3.63, 3.8) is 0 Å². The van der Waals surface area contributed by atoms with Crippen LogP contribution in [0, 0.1) is 6.92 Å². The fraction of sp³-hybridized carbons (Fsp3) is 0.360. The third-order valence-electron chi connectivity index (χ3n) is 6.01. The molecule has 1 amide bonds. The number of fused-ring (bicyclic) bond motifs is 3. The number of nitrogens with zero attached hydrogens (tertiary/aromatic N) is 2. The van der Waals surface area contributed by atoms with Crippen molar-refractivity contribution >= 4 is 22.8 Å². The number of benzene rings is 2. The zero-order chi connectivity index (χ0) is 21.1. The van der Waals surface area contributed by atoms with Crippen LogP contribution in [0.15, 0.2) is 48.5 Å². The van der Waals surface area contributed by atoms with Crippen LogP contribution in [0.5, 0.6) is 0 Å². The van der Waals surface area contributed by atoms with Gasteiger partial charge in [-0.1, -0.05) is 48.0 Å². The molecule has 5 nitrogen and oxygen atoms in total. The van der Waals surface area contributed by atoms with Crippen molar-refractivity contribution < 1.29 is 14.7 Å². The summed E-state index contributed by atoms with van der Waals surface area (Å²) in [6.45, 7) is 4.23. The molecule has 1 aromatic heterocycles. The van der Waals surface area contributed by atoms with E-state index >= 15 is 0 Å². The Balaban J connectivity index is 1.57. The predicted molar refractivity (Wildman–Crippen MR) is 117 cm³/mol. The maximum Gasteiger partial charge on any atom is 0.303 e. The van der Waals surface area contributed by atoms with Gasteiger partial charge in [0.25, 0.3) is 0 Å². The number of amides is 1. The van der Waals surface area contributed by atoms with Gasteiger partial charge in [-0.25, -0.2) is 0 Å². The van der Waals surface area contributed by atoms with Gasteiger partial charge in [0.1, 0.15) is 0 Å². The highest BCUT2D eigenvalue weighted by Gasteiger charge is 2.26. The van der Waals surface area contributed by atoms with E-state index in [0.29, 0.717) is 25.8 Å². The van der Waals surface area contributed by atoms with Gasteiger partial charge >= 0.3 is 5.97 Å². The minimum absolute atomic E-state index is 0.123. The highest BCUT2D eigenvalue weighted by atomic mass is 16.4. The Hall–Kier alpha value is -3.08. The first kappa shape index (κ1) is 20.2. The highest BCUT2D eigenvalue weighted by Crippen LogP contribution is 2.32. The summed E-state index contributed by atoms with van der Waals surface area (Å²) in [6.07, 6.45) is 2.58. The number of carboxylic acids is 1. The Labute approximate surface area is 176 Å². The zero-order valence-corrected chi connectivity index (χ0v) is 17.4. The maximum absolute atomic E-state index is 12.7. The molecule has 4 rings (SSSR count). The second kappa shape index (κ2) is 8.74. The highest BCUT2D eigenvalue weighted by molar-refractivity contribution is 5.86. The average Bonchev–Trinajstić information content (AvgIpc) is 3.06. The smallest absolute Gasteiger partial charge is 0.303 e. The van der Waals surface area contributed by atoms with Crippen LogP contribution < -0.4 is 0 Å². The molecule has 5 heteroatoms. The van der Waals surface area contributed by atoms with Crippen molar-refractivity contribution in [3.05, 3.63) is 70.9 Å². The number of carboxylic acid groups (broad SMARTS) is 1. The Morgan fingerprint density at radius 2 is 1.73 bits per heavy atom. The van der Waals surface area contributed by atoms with E-state index in [2.05, 4.69) is 60.0 Å². The molecule has 0 radical (unpaired) electrons. The molecule has 1 aliphatic rings. The lowest BCUT2D eigenvalue weighted by Crippen LogP contribution is -2.36. The third kappa shape index (κ3) is 4.25. The summed E-state index contributed by atoms with van der Waals surface area (Å²) in [5, 5.41) is 10.1. The lowest BCUT2D eigenvalue weighted by Gasteiger charge is -2.29. The van der Waals surface area contributed by atoms with Crippen LogP contribution in [0.25, 0.3) is 10.9 Å². The number of aromatic nitrogens is 1. The monoisotopic (exact) mass is 404 g/mol. The molecule has 0 fully saturated rings. The molecule has 2 heterocycles. The van der Waals surface area contributed by atoms with E-state index < -0.39 is 5.97 Å². The first-order valence-corrected chi connectivity index (χ1v) is 10.7. The number of aryl methyl sites for hydroxylation is 1. The number of para-hydroxylation sites is 1. The minimum Gasteiger partial charge on any atom is -0.481 e. The van der Waals surface area contributed by atoms with Crippen LogP contribution >= 0.6 is 0 Å². The quantitative estimate of drug-likeness (QED) is 0.589. The van der Waals surface area contributed by atoms with Crippen LogP contribution in [-0.2, 0) is 29.1 Å². The maximum atomic E-state index is 12.7. The number of aliphatic carboxylic acids is 1. The van der Waals surface area contributed by atoms with Gasteiger partial charge in [-0.2, -0.15) is 0 Å². The van der Waals surface area contributed by atoms with E-state index in [0.717, 1.165) is 19.5 Å². The summed E-state index contributed by atoms with van der Waals surface area (Å²) in [4.78, 5) is 25.4. The van der Waals surface area contributed by atoms with Gasteiger partial charge in [-0.3, -0.25) is 9.59 Å². The molecule has 0 bridgehead atoms. The van der Waals surface area contributed by atoms with E-state index in [-0.39, 0.29) is 12.3 Å². The van der Waals surface area contributed by atoms with Gasteiger partial charge in [-0.05, 0) is 43.4 Å². The third-order valence-corrected chi connectivity index (χ3v) is 6.01. The molecule has 1 N–H and O–H groups in total. The number of hydrogen-bond acceptors (Lipinski definition) is 2. The molecule has 1 aliphatic heterocycles. The number of unbranched alkanes of at least 4 members (excludes halogenated alkanes) is 1. The van der Waals surface area contributed by atoms with Crippen molar-refractivity contribution in [1.29, 1.82) is 0 Å². The van der Waals surface area contributed by atoms with Gasteiger partial charge in [0.15, 0.2) is 0 Å². The lowest BCUT2D eigenvalue weighted by molar-refractivity contribution is -0.137. The molecule has 2 aromatic carbocycles. The van der Waals surface area contributed by atoms with Crippen molar-refractivity contribution in [1.82, 2.24) is 9.47 Å². The van der Waals surface area contributed by atoms with Gasteiger partial charge in [0, 0.05) is 42.5 Å². The van der Waals surface area contributed by atoms with Crippen molar-refractivity contribution in [2.24, 2.45) is 0 Å². The SMILES string of the molecule is Cc1ccc(Cn2c3c(c4ccccc42)CCN(C(=O)CCCCC(=O)O)C3)cc1. The first-order valence-electron chi connectivity index (χ1n) is 10.7. The van der Waals surface area contributed by atoms with Gasteiger partial charge in [0.05, 0.1) is 6.54 Å². The Bertz CT molecular complexity index is 1070. The Morgan fingerprint density at radius 1 is 1.00 bits per heavy atom. The van der Waals surface area contributed by atoms with Crippen LogP contribution in [0.1, 0.15) is 48.1 Å². The van der Waals surface area contributed by atoms with Gasteiger partial charge < -0.3 is 14.6 Å². The van der Waals surface area contributed by atoms with Crippen molar-refractivity contribution in [2.75, 3.05) is 6.54 Å². The van der Waals surface area contributed by atoms with Crippen LogP contribution in [0.3, 0.4) is 0 Å². The molecular weight excluding hydrogens is 376 g/mol. The predicted octanol–water partition coefficient (Wildman–Crippen LogP) is 4.53. The van der Waals surface area contributed by atoms with E-state index in [1.165, 1.54) is 33.3 Å². The van der Waals surface area contributed by atoms with E-state index in [1.807, 2.05) is 4.90 Å².